The molecule has 0 aliphatic carbocycles. The molecule has 7 heteroatoms. The topological polar surface area (TPSA) is 68.9 Å². The number of aromatic nitrogens is 3. The van der Waals surface area contributed by atoms with E-state index in [4.69, 9.17) is 0 Å². The summed E-state index contributed by atoms with van der Waals surface area (Å²) < 4.78 is 3.27. The Kier molecular flexibility index (Phi) is 5.61. The van der Waals surface area contributed by atoms with Gasteiger partial charge in [-0.15, -0.1) is 11.3 Å². The summed E-state index contributed by atoms with van der Waals surface area (Å²) in [7, 11) is 1.79. The van der Waals surface area contributed by atoms with Crippen LogP contribution in [0.5, 0.6) is 0 Å². The highest BCUT2D eigenvalue weighted by Gasteiger charge is 2.20. The first-order valence-corrected chi connectivity index (χ1v) is 11.0. The average Bonchev–Trinajstić information content (AvgIpc) is 3.34. The largest absolute Gasteiger partial charge is 0.314 e. The molecule has 158 valence electrons. The number of hydrogen-bond donors (Lipinski definition) is 1. The number of carbonyl (C=O) groups excluding carboxylic acids is 1. The molecule has 0 aliphatic rings. The van der Waals surface area contributed by atoms with Crippen LogP contribution in [0.4, 0.5) is 5.69 Å². The van der Waals surface area contributed by atoms with Crippen molar-refractivity contribution in [1.82, 2.24) is 14.3 Å². The molecule has 0 bridgehead atoms. The van der Waals surface area contributed by atoms with Crippen LogP contribution in [0.2, 0.25) is 0 Å². The molecule has 0 unspecified atom stereocenters. The summed E-state index contributed by atoms with van der Waals surface area (Å²) in [6.07, 6.45) is 0. The van der Waals surface area contributed by atoms with E-state index in [1.807, 2.05) is 42.5 Å². The van der Waals surface area contributed by atoms with Crippen molar-refractivity contribution in [3.05, 3.63) is 87.3 Å². The van der Waals surface area contributed by atoms with Gasteiger partial charge in [-0.05, 0) is 30.5 Å². The second kappa shape index (κ2) is 8.35. The Morgan fingerprint density at radius 1 is 1.06 bits per heavy atom. The molecule has 2 aromatic heterocycles. The highest BCUT2D eigenvalue weighted by atomic mass is 32.1. The Hall–Kier alpha value is -3.45. The molecular weight excluding hydrogens is 408 g/mol. The van der Waals surface area contributed by atoms with Crippen LogP contribution in [0, 0.1) is 6.92 Å². The van der Waals surface area contributed by atoms with E-state index in [-0.39, 0.29) is 11.2 Å². The molecule has 2 heterocycles. The first-order valence-electron chi connectivity index (χ1n) is 10.1. The molecule has 0 aliphatic heterocycles. The zero-order valence-electron chi connectivity index (χ0n) is 17.9. The third-order valence-corrected chi connectivity index (χ3v) is 6.25. The number of nitrogens with one attached hydrogen (secondary N) is 1. The number of hydrogen-bond acceptors (Lipinski definition) is 4. The number of para-hydroxylation sites is 1. The standard InChI is InChI=1S/C24H24N4O2S/c1-15(2)17-10-12-18(13-11-17)23-25-20(14-31-23)22(29)26-21-16(3)27(4)28(24(21)30)19-8-6-5-7-9-19/h5-15H,1-4H3,(H,26,29). The third kappa shape index (κ3) is 3.96. The van der Waals surface area contributed by atoms with E-state index in [1.165, 1.54) is 21.6 Å². The summed E-state index contributed by atoms with van der Waals surface area (Å²) in [4.78, 5) is 30.3. The lowest BCUT2D eigenvalue weighted by molar-refractivity contribution is 0.102. The quantitative estimate of drug-likeness (QED) is 0.483. The van der Waals surface area contributed by atoms with Gasteiger partial charge < -0.3 is 5.32 Å². The lowest BCUT2D eigenvalue weighted by Gasteiger charge is -2.07. The molecule has 6 nitrogen and oxygen atoms in total. The second-order valence-electron chi connectivity index (χ2n) is 7.71. The first-order chi connectivity index (χ1) is 14.9. The van der Waals surface area contributed by atoms with Crippen LogP contribution in [-0.4, -0.2) is 20.3 Å². The minimum atomic E-state index is -0.396. The van der Waals surface area contributed by atoms with Crippen molar-refractivity contribution in [3.8, 4) is 16.3 Å². The second-order valence-corrected chi connectivity index (χ2v) is 8.56. The van der Waals surface area contributed by atoms with Crippen LogP contribution < -0.4 is 10.9 Å². The van der Waals surface area contributed by atoms with Crippen molar-refractivity contribution < 1.29 is 4.79 Å². The van der Waals surface area contributed by atoms with E-state index in [1.54, 1.807) is 24.0 Å². The van der Waals surface area contributed by atoms with Crippen molar-refractivity contribution in [2.75, 3.05) is 5.32 Å². The van der Waals surface area contributed by atoms with E-state index in [9.17, 15) is 9.59 Å². The molecule has 0 spiro atoms. The summed E-state index contributed by atoms with van der Waals surface area (Å²) in [5.74, 6) is 0.0630. The molecule has 31 heavy (non-hydrogen) atoms. The van der Waals surface area contributed by atoms with E-state index in [0.717, 1.165) is 16.3 Å². The van der Waals surface area contributed by atoms with Crippen LogP contribution in [0.1, 0.15) is 41.5 Å². The minimum Gasteiger partial charge on any atom is -0.314 e. The summed E-state index contributed by atoms with van der Waals surface area (Å²) in [5, 5.41) is 5.25. The summed E-state index contributed by atoms with van der Waals surface area (Å²) in [6, 6.07) is 17.5. The van der Waals surface area contributed by atoms with Gasteiger partial charge in [0.05, 0.1) is 11.4 Å². The predicted molar refractivity (Wildman–Crippen MR) is 125 cm³/mol. The highest BCUT2D eigenvalue weighted by molar-refractivity contribution is 7.13. The molecule has 0 saturated carbocycles. The van der Waals surface area contributed by atoms with E-state index in [0.29, 0.717) is 17.3 Å². The van der Waals surface area contributed by atoms with E-state index < -0.39 is 5.91 Å². The van der Waals surface area contributed by atoms with Gasteiger partial charge in [0.2, 0.25) is 0 Å². The van der Waals surface area contributed by atoms with Crippen molar-refractivity contribution in [2.45, 2.75) is 26.7 Å². The number of amides is 1. The summed E-state index contributed by atoms with van der Waals surface area (Å²) in [5.41, 5.74) is 3.90. The highest BCUT2D eigenvalue weighted by Crippen LogP contribution is 2.26. The molecule has 1 N–H and O–H groups in total. The number of thiazole rings is 1. The van der Waals surface area contributed by atoms with E-state index in [2.05, 4.69) is 36.3 Å². The Bertz CT molecular complexity index is 1280. The van der Waals surface area contributed by atoms with Gasteiger partial charge in [0.1, 0.15) is 16.4 Å². The molecule has 0 fully saturated rings. The Labute approximate surface area is 184 Å². The lowest BCUT2D eigenvalue weighted by Crippen LogP contribution is -2.23. The summed E-state index contributed by atoms with van der Waals surface area (Å²) in [6.45, 7) is 6.11. The van der Waals surface area contributed by atoms with E-state index >= 15 is 0 Å². The van der Waals surface area contributed by atoms with Gasteiger partial charge in [0.15, 0.2) is 0 Å². The maximum absolute atomic E-state index is 13.0. The number of rotatable bonds is 5. The zero-order valence-corrected chi connectivity index (χ0v) is 18.7. The van der Waals surface area contributed by atoms with Crippen LogP contribution in [0.15, 0.2) is 64.8 Å². The lowest BCUT2D eigenvalue weighted by atomic mass is 10.0. The third-order valence-electron chi connectivity index (χ3n) is 5.35. The number of benzene rings is 2. The molecule has 2 aromatic carbocycles. The van der Waals surface area contributed by atoms with Crippen LogP contribution >= 0.6 is 11.3 Å². The maximum atomic E-state index is 13.0. The van der Waals surface area contributed by atoms with Gasteiger partial charge in [-0.2, -0.15) is 0 Å². The van der Waals surface area contributed by atoms with Crippen molar-refractivity contribution in [3.63, 3.8) is 0 Å². The maximum Gasteiger partial charge on any atom is 0.295 e. The van der Waals surface area contributed by atoms with Gasteiger partial charge in [0, 0.05) is 18.0 Å². The van der Waals surface area contributed by atoms with Gasteiger partial charge in [-0.1, -0.05) is 56.3 Å². The SMILES string of the molecule is Cc1c(NC(=O)c2csc(-c3ccc(C(C)C)cc3)n2)c(=O)n(-c2ccccc2)n1C. The molecule has 0 atom stereocenters. The minimum absolute atomic E-state index is 0.257. The average molecular weight is 433 g/mol. The van der Waals surface area contributed by atoms with Crippen LogP contribution in [-0.2, 0) is 7.05 Å². The molecular formula is C24H24N4O2S. The number of anilines is 1. The Balaban J connectivity index is 1.59. The zero-order chi connectivity index (χ0) is 22.1. The molecule has 4 aromatic rings. The Morgan fingerprint density at radius 2 is 1.74 bits per heavy atom. The van der Waals surface area contributed by atoms with Gasteiger partial charge >= 0.3 is 0 Å². The number of carbonyl (C=O) groups is 1. The molecule has 4 rings (SSSR count). The van der Waals surface area contributed by atoms with Crippen molar-refractivity contribution in [2.24, 2.45) is 7.05 Å². The van der Waals surface area contributed by atoms with Crippen LogP contribution in [0.3, 0.4) is 0 Å². The fourth-order valence-electron chi connectivity index (χ4n) is 3.41. The smallest absolute Gasteiger partial charge is 0.295 e. The normalized spacial score (nSPS) is 11.1. The monoisotopic (exact) mass is 432 g/mol. The predicted octanol–water partition coefficient (Wildman–Crippen LogP) is 4.98. The Morgan fingerprint density at radius 3 is 2.39 bits per heavy atom. The molecule has 0 radical (unpaired) electrons. The summed E-state index contributed by atoms with van der Waals surface area (Å²) >= 11 is 1.41. The first kappa shape index (κ1) is 20.8. The van der Waals surface area contributed by atoms with Gasteiger partial charge in [0.25, 0.3) is 11.5 Å². The molecule has 0 saturated heterocycles. The van der Waals surface area contributed by atoms with Crippen molar-refractivity contribution in [1.29, 1.82) is 0 Å². The fourth-order valence-corrected chi connectivity index (χ4v) is 4.22. The molecule has 1 amide bonds. The van der Waals surface area contributed by atoms with Gasteiger partial charge in [-0.3, -0.25) is 14.3 Å². The van der Waals surface area contributed by atoms with Crippen LogP contribution in [0.25, 0.3) is 16.3 Å². The fraction of sp³-hybridized carbons (Fsp3) is 0.208. The van der Waals surface area contributed by atoms with Gasteiger partial charge in [-0.25, -0.2) is 9.67 Å². The van der Waals surface area contributed by atoms with Crippen molar-refractivity contribution >= 4 is 22.9 Å². The number of nitrogens with zero attached hydrogens (tertiary/aromatic N) is 3.